The first-order valence-electron chi connectivity index (χ1n) is 5.62. The molecule has 2 nitrogen and oxygen atoms in total. The summed E-state index contributed by atoms with van der Waals surface area (Å²) >= 11 is 7.98. The van der Waals surface area contributed by atoms with Gasteiger partial charge in [0, 0.05) is 4.88 Å². The van der Waals surface area contributed by atoms with E-state index < -0.39 is 0 Å². The predicted octanol–water partition coefficient (Wildman–Crippen LogP) is 3.71. The summed E-state index contributed by atoms with van der Waals surface area (Å²) in [7, 11) is 0. The van der Waals surface area contributed by atoms with Crippen LogP contribution in [0.25, 0.3) is 0 Å². The van der Waals surface area contributed by atoms with Crippen molar-refractivity contribution in [3.8, 4) is 0 Å². The highest BCUT2D eigenvalue weighted by atomic mass is 35.5. The van der Waals surface area contributed by atoms with E-state index in [0.29, 0.717) is 0 Å². The van der Waals surface area contributed by atoms with Crippen molar-refractivity contribution in [2.45, 2.75) is 38.6 Å². The molecular weight excluding hydrogens is 240 g/mol. The first-order chi connectivity index (χ1) is 7.74. The minimum atomic E-state index is 0.103. The molecule has 0 saturated carbocycles. The van der Waals surface area contributed by atoms with Gasteiger partial charge in [0.2, 0.25) is 0 Å². The van der Waals surface area contributed by atoms with Gasteiger partial charge in [-0.05, 0) is 43.6 Å². The monoisotopic (exact) mass is 256 g/mol. The van der Waals surface area contributed by atoms with Crippen LogP contribution in [-0.4, -0.2) is 0 Å². The van der Waals surface area contributed by atoms with Crippen LogP contribution in [0.15, 0.2) is 17.0 Å². The van der Waals surface area contributed by atoms with Crippen molar-refractivity contribution < 1.29 is 0 Å². The summed E-state index contributed by atoms with van der Waals surface area (Å²) in [6, 6.07) is 0.103. The van der Waals surface area contributed by atoms with E-state index in [-0.39, 0.29) is 6.04 Å². The Morgan fingerprint density at radius 2 is 2.31 bits per heavy atom. The maximum absolute atomic E-state index is 6.29. The molecule has 0 bridgehead atoms. The van der Waals surface area contributed by atoms with Crippen molar-refractivity contribution in [1.82, 2.24) is 5.43 Å². The van der Waals surface area contributed by atoms with Crippen LogP contribution in [0.5, 0.6) is 0 Å². The highest BCUT2D eigenvalue weighted by molar-refractivity contribution is 7.10. The van der Waals surface area contributed by atoms with Crippen LogP contribution in [0.1, 0.15) is 42.2 Å². The number of rotatable bonds is 3. The zero-order valence-corrected chi connectivity index (χ0v) is 11.0. The van der Waals surface area contributed by atoms with Gasteiger partial charge in [-0.1, -0.05) is 23.3 Å². The summed E-state index contributed by atoms with van der Waals surface area (Å²) in [6.45, 7) is 2.03. The molecule has 1 aromatic heterocycles. The van der Waals surface area contributed by atoms with Gasteiger partial charge in [-0.25, -0.2) is 5.43 Å². The quantitative estimate of drug-likeness (QED) is 0.492. The van der Waals surface area contributed by atoms with Crippen molar-refractivity contribution in [3.63, 3.8) is 0 Å². The second-order valence-electron chi connectivity index (χ2n) is 4.22. The Balaban J connectivity index is 2.28. The van der Waals surface area contributed by atoms with Crippen LogP contribution in [0.4, 0.5) is 0 Å². The molecule has 4 heteroatoms. The summed E-state index contributed by atoms with van der Waals surface area (Å²) in [6.07, 6.45) is 7.14. The number of nitrogens with two attached hydrogens (primary N) is 1. The summed E-state index contributed by atoms with van der Waals surface area (Å²) in [4.78, 5) is 1.15. The lowest BCUT2D eigenvalue weighted by Gasteiger charge is -2.22. The van der Waals surface area contributed by atoms with Crippen molar-refractivity contribution in [3.05, 3.63) is 32.5 Å². The van der Waals surface area contributed by atoms with E-state index in [1.165, 1.54) is 18.4 Å². The molecule has 88 valence electrons. The van der Waals surface area contributed by atoms with E-state index in [1.54, 1.807) is 11.3 Å². The number of allylic oxidation sites excluding steroid dienone is 1. The molecule has 0 aliphatic heterocycles. The Kier molecular flexibility index (Phi) is 4.03. The SMILES string of the molecule is Cc1csc(C(NN)C2=CCCCC2)c1Cl. The van der Waals surface area contributed by atoms with Crippen LogP contribution < -0.4 is 11.3 Å². The van der Waals surface area contributed by atoms with Crippen molar-refractivity contribution in [2.24, 2.45) is 5.84 Å². The van der Waals surface area contributed by atoms with E-state index in [4.69, 9.17) is 17.4 Å². The second kappa shape index (κ2) is 5.32. The van der Waals surface area contributed by atoms with E-state index in [1.807, 2.05) is 6.92 Å². The fourth-order valence-corrected chi connectivity index (χ4v) is 3.52. The van der Waals surface area contributed by atoms with Crippen LogP contribution in [-0.2, 0) is 0 Å². The van der Waals surface area contributed by atoms with E-state index in [9.17, 15) is 0 Å². The number of hydrogen-bond acceptors (Lipinski definition) is 3. The van der Waals surface area contributed by atoms with Gasteiger partial charge in [0.1, 0.15) is 0 Å². The van der Waals surface area contributed by atoms with Gasteiger partial charge in [0.05, 0.1) is 11.1 Å². The molecule has 16 heavy (non-hydrogen) atoms. The third-order valence-electron chi connectivity index (χ3n) is 3.05. The van der Waals surface area contributed by atoms with Crippen LogP contribution >= 0.6 is 22.9 Å². The average Bonchev–Trinajstić information content (AvgIpc) is 2.64. The summed E-state index contributed by atoms with van der Waals surface area (Å²) in [5, 5.41) is 2.95. The molecule has 1 aliphatic rings. The number of nitrogens with one attached hydrogen (secondary N) is 1. The van der Waals surface area contributed by atoms with Gasteiger partial charge in [-0.2, -0.15) is 0 Å². The number of thiophene rings is 1. The minimum absolute atomic E-state index is 0.103. The molecule has 0 radical (unpaired) electrons. The molecule has 0 amide bonds. The van der Waals surface area contributed by atoms with Gasteiger partial charge < -0.3 is 0 Å². The molecule has 1 atom stereocenters. The van der Waals surface area contributed by atoms with Gasteiger partial charge >= 0.3 is 0 Å². The molecule has 2 rings (SSSR count). The molecule has 0 spiro atoms. The zero-order chi connectivity index (χ0) is 11.5. The Morgan fingerprint density at radius 1 is 1.50 bits per heavy atom. The molecule has 1 heterocycles. The number of hydrogen-bond donors (Lipinski definition) is 2. The standard InChI is InChI=1S/C12H17ClN2S/c1-8-7-16-12(10(8)13)11(15-14)9-5-3-2-4-6-9/h5,7,11,15H,2-4,6,14H2,1H3. The Bertz CT molecular complexity index is 398. The molecule has 0 aromatic carbocycles. The van der Waals surface area contributed by atoms with Gasteiger partial charge in [-0.15, -0.1) is 11.3 Å². The predicted molar refractivity (Wildman–Crippen MR) is 70.7 cm³/mol. The van der Waals surface area contributed by atoms with Crippen LogP contribution in [0, 0.1) is 6.92 Å². The minimum Gasteiger partial charge on any atom is -0.271 e. The van der Waals surface area contributed by atoms with E-state index in [0.717, 1.165) is 28.3 Å². The van der Waals surface area contributed by atoms with Crippen molar-refractivity contribution >= 4 is 22.9 Å². The largest absolute Gasteiger partial charge is 0.271 e. The molecule has 0 fully saturated rings. The lowest BCUT2D eigenvalue weighted by atomic mass is 9.93. The number of halogens is 1. The molecule has 0 saturated heterocycles. The Morgan fingerprint density at radius 3 is 2.81 bits per heavy atom. The summed E-state index contributed by atoms with van der Waals surface area (Å²) < 4.78 is 0. The zero-order valence-electron chi connectivity index (χ0n) is 9.42. The first-order valence-corrected chi connectivity index (χ1v) is 6.88. The fraction of sp³-hybridized carbons (Fsp3) is 0.500. The molecular formula is C12H17ClN2S. The van der Waals surface area contributed by atoms with Crippen LogP contribution in [0.2, 0.25) is 5.02 Å². The molecule has 1 aromatic rings. The fourth-order valence-electron chi connectivity index (χ4n) is 2.12. The van der Waals surface area contributed by atoms with Crippen molar-refractivity contribution in [2.75, 3.05) is 0 Å². The number of aryl methyl sites for hydroxylation is 1. The van der Waals surface area contributed by atoms with Gasteiger partial charge in [0.15, 0.2) is 0 Å². The third-order valence-corrected chi connectivity index (χ3v) is 4.83. The smallest absolute Gasteiger partial charge is 0.0777 e. The first kappa shape index (κ1) is 12.1. The lowest BCUT2D eigenvalue weighted by Crippen LogP contribution is -2.29. The third kappa shape index (κ3) is 2.33. The second-order valence-corrected chi connectivity index (χ2v) is 5.51. The molecule has 1 aliphatic carbocycles. The highest BCUT2D eigenvalue weighted by Crippen LogP contribution is 2.38. The molecule has 3 N–H and O–H groups in total. The Labute approximate surface area is 105 Å². The molecule has 1 unspecified atom stereocenters. The normalized spacial score (nSPS) is 18.3. The summed E-state index contributed by atoms with van der Waals surface area (Å²) in [5.74, 6) is 5.67. The topological polar surface area (TPSA) is 38.0 Å². The van der Waals surface area contributed by atoms with Crippen molar-refractivity contribution in [1.29, 1.82) is 0 Å². The Hall–Kier alpha value is -0.350. The van der Waals surface area contributed by atoms with E-state index in [2.05, 4.69) is 16.9 Å². The maximum atomic E-state index is 6.29. The summed E-state index contributed by atoms with van der Waals surface area (Å²) in [5.41, 5.74) is 5.42. The van der Waals surface area contributed by atoms with E-state index >= 15 is 0 Å². The highest BCUT2D eigenvalue weighted by Gasteiger charge is 2.21. The lowest BCUT2D eigenvalue weighted by molar-refractivity contribution is 0.572. The van der Waals surface area contributed by atoms with Gasteiger partial charge in [0.25, 0.3) is 0 Å². The average molecular weight is 257 g/mol. The van der Waals surface area contributed by atoms with Gasteiger partial charge in [-0.3, -0.25) is 5.84 Å². The number of hydrazine groups is 1. The van der Waals surface area contributed by atoms with Crippen LogP contribution in [0.3, 0.4) is 0 Å². The maximum Gasteiger partial charge on any atom is 0.0777 e.